The van der Waals surface area contributed by atoms with Gasteiger partial charge in [0.1, 0.15) is 5.71 Å². The summed E-state index contributed by atoms with van der Waals surface area (Å²) in [5.41, 5.74) is 6.55. The first kappa shape index (κ1) is 23.3. The maximum atomic E-state index is 12.9. The first-order valence-electron chi connectivity index (χ1n) is 7.80. The minimum absolute atomic E-state index is 0.00959. The van der Waals surface area contributed by atoms with Crippen LogP contribution in [0, 0.1) is 5.41 Å². The highest BCUT2D eigenvalue weighted by molar-refractivity contribution is 6.30. The van der Waals surface area contributed by atoms with Crippen LogP contribution in [0.1, 0.15) is 13.3 Å². The van der Waals surface area contributed by atoms with Gasteiger partial charge in [-0.05, 0) is 19.5 Å². The molecule has 144 valence electrons. The zero-order valence-corrected chi connectivity index (χ0v) is 14.9. The number of halogens is 3. The van der Waals surface area contributed by atoms with Gasteiger partial charge in [0.15, 0.2) is 0 Å². The number of hydrogen-bond donors (Lipinski definition) is 4. The highest BCUT2D eigenvalue weighted by atomic mass is 19.4. The second-order valence-corrected chi connectivity index (χ2v) is 4.86. The van der Waals surface area contributed by atoms with Gasteiger partial charge >= 0.3 is 6.18 Å². The molecule has 0 aliphatic carbocycles. The van der Waals surface area contributed by atoms with E-state index < -0.39 is 17.5 Å². The number of hydrazone groups is 1. The lowest BCUT2D eigenvalue weighted by atomic mass is 9.98. The van der Waals surface area contributed by atoms with Gasteiger partial charge in [0.25, 0.3) is 0 Å². The molecular formula is C17H25F3N6. The number of rotatable bonds is 11. The van der Waals surface area contributed by atoms with Gasteiger partial charge in [-0.25, -0.2) is 0 Å². The number of allylic oxidation sites excluding steroid dienone is 3. The summed E-state index contributed by atoms with van der Waals surface area (Å²) in [6.07, 6.45) is 4.20. The van der Waals surface area contributed by atoms with Crippen molar-refractivity contribution in [3.63, 3.8) is 0 Å². The molecule has 0 fully saturated rings. The molecule has 0 saturated heterocycles. The van der Waals surface area contributed by atoms with Crippen LogP contribution in [0.4, 0.5) is 13.2 Å². The Bertz CT molecular complexity index is 612. The Hall–Kier alpha value is -2.68. The number of aliphatic imine (C=N–C) groups is 1. The van der Waals surface area contributed by atoms with Crippen molar-refractivity contribution in [1.82, 2.24) is 10.7 Å². The van der Waals surface area contributed by atoms with Crippen LogP contribution in [0.15, 0.2) is 58.4 Å². The molecule has 0 aromatic carbocycles. The molecular weight excluding hydrogens is 345 g/mol. The summed E-state index contributed by atoms with van der Waals surface area (Å²) in [6, 6.07) is 0. The van der Waals surface area contributed by atoms with E-state index >= 15 is 0 Å². The third-order valence-corrected chi connectivity index (χ3v) is 2.96. The van der Waals surface area contributed by atoms with Crippen LogP contribution in [0.25, 0.3) is 0 Å². The molecule has 0 atom stereocenters. The SMILES string of the molecule is C=CCN/N=C\C/C=C/N=C(C(=C\C)\CNC)/C(=C/N)C(=N)C(F)(F)F. The Kier molecular flexibility index (Phi) is 11.3. The molecule has 0 aliphatic rings. The quantitative estimate of drug-likeness (QED) is 0.195. The lowest BCUT2D eigenvalue weighted by Crippen LogP contribution is -2.30. The van der Waals surface area contributed by atoms with Gasteiger partial charge in [-0.2, -0.15) is 18.3 Å². The molecule has 0 radical (unpaired) electrons. The lowest BCUT2D eigenvalue weighted by molar-refractivity contribution is -0.0587. The summed E-state index contributed by atoms with van der Waals surface area (Å²) in [5, 5.41) is 14.1. The predicted octanol–water partition coefficient (Wildman–Crippen LogP) is 2.68. The molecule has 0 aliphatic heterocycles. The average molecular weight is 370 g/mol. The van der Waals surface area contributed by atoms with Crippen molar-refractivity contribution in [2.75, 3.05) is 20.1 Å². The van der Waals surface area contributed by atoms with E-state index in [1.807, 2.05) is 0 Å². The summed E-state index contributed by atoms with van der Waals surface area (Å²) in [5.74, 6) is 0. The summed E-state index contributed by atoms with van der Waals surface area (Å²) in [6.45, 7) is 6.01. The fourth-order valence-corrected chi connectivity index (χ4v) is 1.76. The smallest absolute Gasteiger partial charge is 0.404 e. The number of nitrogens with zero attached hydrogens (tertiary/aromatic N) is 2. The Labute approximate surface area is 151 Å². The molecule has 0 amide bonds. The molecule has 0 aromatic heterocycles. The maximum absolute atomic E-state index is 12.9. The Morgan fingerprint density at radius 2 is 2.04 bits per heavy atom. The third kappa shape index (κ3) is 8.43. The van der Waals surface area contributed by atoms with E-state index in [0.29, 0.717) is 18.5 Å². The van der Waals surface area contributed by atoms with Crippen LogP contribution in [0.3, 0.4) is 0 Å². The van der Waals surface area contributed by atoms with Gasteiger partial charge in [-0.15, -0.1) is 6.58 Å². The van der Waals surface area contributed by atoms with Crippen molar-refractivity contribution >= 4 is 17.6 Å². The van der Waals surface area contributed by atoms with Crippen molar-refractivity contribution < 1.29 is 13.2 Å². The minimum atomic E-state index is -4.82. The Balaban J connectivity index is 5.50. The topological polar surface area (TPSA) is 98.7 Å². The zero-order chi connectivity index (χ0) is 20.0. The number of alkyl halides is 3. The summed E-state index contributed by atoms with van der Waals surface area (Å²) >= 11 is 0. The first-order chi connectivity index (χ1) is 12.3. The van der Waals surface area contributed by atoms with Gasteiger partial charge in [-0.3, -0.25) is 10.4 Å². The van der Waals surface area contributed by atoms with E-state index in [1.54, 1.807) is 38.4 Å². The van der Waals surface area contributed by atoms with E-state index in [2.05, 4.69) is 27.4 Å². The summed E-state index contributed by atoms with van der Waals surface area (Å²) in [4.78, 5) is 4.09. The van der Waals surface area contributed by atoms with E-state index in [9.17, 15) is 13.2 Å². The lowest BCUT2D eigenvalue weighted by Gasteiger charge is -2.16. The highest BCUT2D eigenvalue weighted by Crippen LogP contribution is 2.23. The van der Waals surface area contributed by atoms with Gasteiger partial charge in [0.2, 0.25) is 0 Å². The molecule has 0 rings (SSSR count). The Morgan fingerprint density at radius 1 is 1.35 bits per heavy atom. The van der Waals surface area contributed by atoms with Crippen LogP contribution in [-0.4, -0.2) is 44.0 Å². The van der Waals surface area contributed by atoms with Gasteiger partial charge < -0.3 is 16.5 Å². The van der Waals surface area contributed by atoms with Gasteiger partial charge in [0, 0.05) is 37.2 Å². The fraction of sp³-hybridized carbons (Fsp3) is 0.353. The molecule has 5 N–H and O–H groups in total. The predicted molar refractivity (Wildman–Crippen MR) is 102 cm³/mol. The molecule has 0 bridgehead atoms. The van der Waals surface area contributed by atoms with E-state index in [4.69, 9.17) is 11.1 Å². The van der Waals surface area contributed by atoms with Crippen molar-refractivity contribution in [3.05, 3.63) is 48.4 Å². The van der Waals surface area contributed by atoms with Crippen LogP contribution in [0.5, 0.6) is 0 Å². The van der Waals surface area contributed by atoms with E-state index in [1.165, 1.54) is 6.20 Å². The number of likely N-dealkylation sites (N-methyl/N-ethyl adjacent to an activating group) is 1. The second kappa shape index (κ2) is 12.6. The van der Waals surface area contributed by atoms with Crippen molar-refractivity contribution in [2.45, 2.75) is 19.5 Å². The van der Waals surface area contributed by atoms with E-state index in [-0.39, 0.29) is 12.3 Å². The Morgan fingerprint density at radius 3 is 2.54 bits per heavy atom. The third-order valence-electron chi connectivity index (χ3n) is 2.96. The van der Waals surface area contributed by atoms with Crippen molar-refractivity contribution in [3.8, 4) is 0 Å². The maximum Gasteiger partial charge on any atom is 0.433 e. The average Bonchev–Trinajstić information content (AvgIpc) is 2.60. The van der Waals surface area contributed by atoms with Gasteiger partial charge in [-0.1, -0.05) is 18.2 Å². The number of nitrogens with two attached hydrogens (primary N) is 1. The first-order valence-corrected chi connectivity index (χ1v) is 7.80. The number of hydrogen-bond acceptors (Lipinski definition) is 6. The molecule has 26 heavy (non-hydrogen) atoms. The molecule has 0 unspecified atom stereocenters. The minimum Gasteiger partial charge on any atom is -0.404 e. The normalized spacial score (nSPS) is 14.3. The van der Waals surface area contributed by atoms with Crippen LogP contribution in [0.2, 0.25) is 0 Å². The highest BCUT2D eigenvalue weighted by Gasteiger charge is 2.38. The van der Waals surface area contributed by atoms with Crippen molar-refractivity contribution in [2.24, 2.45) is 15.8 Å². The largest absolute Gasteiger partial charge is 0.433 e. The molecule has 0 spiro atoms. The summed E-state index contributed by atoms with van der Waals surface area (Å²) < 4.78 is 38.8. The van der Waals surface area contributed by atoms with Crippen LogP contribution >= 0.6 is 0 Å². The number of nitrogens with one attached hydrogen (secondary N) is 3. The monoisotopic (exact) mass is 370 g/mol. The van der Waals surface area contributed by atoms with Crippen LogP contribution in [-0.2, 0) is 0 Å². The standard InChI is InChI=1S/C17H25F3N6/c1-4-8-25-26-10-7-6-9-24-15(13(5-2)12-23-3)14(11-21)16(22)17(18,19)20/h4-6,9-11,22-23,25H,1,7-8,12,21H2,2-3H3/b9-6+,13-5+,14-11-,22-16?,24-15+,26-10-. The van der Waals surface area contributed by atoms with Crippen LogP contribution < -0.4 is 16.5 Å². The zero-order valence-electron chi connectivity index (χ0n) is 14.9. The second-order valence-electron chi connectivity index (χ2n) is 4.86. The molecule has 9 heteroatoms. The molecule has 0 saturated carbocycles. The molecule has 0 aromatic rings. The fourth-order valence-electron chi connectivity index (χ4n) is 1.76. The van der Waals surface area contributed by atoms with E-state index in [0.717, 1.165) is 6.20 Å². The van der Waals surface area contributed by atoms with Gasteiger partial charge in [0.05, 0.1) is 12.3 Å². The summed E-state index contributed by atoms with van der Waals surface area (Å²) in [7, 11) is 1.66. The molecule has 0 heterocycles. The van der Waals surface area contributed by atoms with Crippen molar-refractivity contribution in [1.29, 1.82) is 5.41 Å². The molecule has 6 nitrogen and oxygen atoms in total.